The third-order valence-electron chi connectivity index (χ3n) is 3.09. The maximum atomic E-state index is 12.4. The van der Waals surface area contributed by atoms with E-state index in [9.17, 15) is 4.79 Å². The van der Waals surface area contributed by atoms with Crippen molar-refractivity contribution in [2.75, 3.05) is 12.4 Å². The fourth-order valence-electron chi connectivity index (χ4n) is 1.90. The molecule has 1 atom stereocenters. The van der Waals surface area contributed by atoms with Crippen molar-refractivity contribution < 1.29 is 9.53 Å². The molecule has 0 spiro atoms. The summed E-state index contributed by atoms with van der Waals surface area (Å²) < 4.78 is 3.28. The molecule has 0 bridgehead atoms. The number of halogens is 4. The molecule has 0 radical (unpaired) electrons. The number of carbonyl (C=O) groups is 1. The Morgan fingerprint density at radius 3 is 2.33 bits per heavy atom. The first kappa shape index (κ1) is 19.0. The lowest BCUT2D eigenvalue weighted by atomic mass is 10.2. The van der Waals surface area contributed by atoms with Crippen LogP contribution in [0.5, 0.6) is 5.75 Å². The first-order valence-electron chi connectivity index (χ1n) is 6.83. The Hall–Kier alpha value is -1.33. The lowest BCUT2D eigenvalue weighted by Gasteiger charge is -2.27. The van der Waals surface area contributed by atoms with E-state index in [1.165, 1.54) is 0 Å². The summed E-state index contributed by atoms with van der Waals surface area (Å²) in [5, 5.41) is 6.11. The van der Waals surface area contributed by atoms with E-state index < -0.39 is 15.9 Å². The fraction of sp³-hybridized carbons (Fsp3) is 0.188. The number of alkyl halides is 3. The largest absolute Gasteiger partial charge is 0.497 e. The predicted octanol–water partition coefficient (Wildman–Crippen LogP) is 4.89. The van der Waals surface area contributed by atoms with Crippen LogP contribution >= 0.6 is 46.4 Å². The molecule has 0 saturated heterocycles. The molecule has 0 fully saturated rings. The minimum atomic E-state index is -1.77. The zero-order chi connectivity index (χ0) is 17.7. The molecule has 1 amide bonds. The minimum absolute atomic E-state index is 0.400. The summed E-state index contributed by atoms with van der Waals surface area (Å²) in [6.45, 7) is 0. The Morgan fingerprint density at radius 1 is 1.12 bits per heavy atom. The SMILES string of the molecule is COc1ccc(C(=O)N[C@@H](Nc2cccc(Cl)c2)C(Cl)(Cl)Cl)cc1. The van der Waals surface area contributed by atoms with Crippen molar-refractivity contribution in [3.8, 4) is 5.75 Å². The van der Waals surface area contributed by atoms with Gasteiger partial charge >= 0.3 is 0 Å². The molecule has 0 aliphatic rings. The molecule has 0 aromatic heterocycles. The van der Waals surface area contributed by atoms with Gasteiger partial charge in [-0.15, -0.1) is 0 Å². The second kappa shape index (κ2) is 8.17. The van der Waals surface area contributed by atoms with Gasteiger partial charge in [-0.3, -0.25) is 4.79 Å². The second-order valence-electron chi connectivity index (χ2n) is 4.83. The maximum absolute atomic E-state index is 12.4. The van der Waals surface area contributed by atoms with Gasteiger partial charge in [0.15, 0.2) is 0 Å². The highest BCUT2D eigenvalue weighted by molar-refractivity contribution is 6.68. The van der Waals surface area contributed by atoms with Gasteiger partial charge in [-0.25, -0.2) is 0 Å². The van der Waals surface area contributed by atoms with E-state index >= 15 is 0 Å². The molecule has 8 heteroatoms. The predicted molar refractivity (Wildman–Crippen MR) is 99.6 cm³/mol. The van der Waals surface area contributed by atoms with Crippen LogP contribution in [-0.4, -0.2) is 23.0 Å². The van der Waals surface area contributed by atoms with Gasteiger partial charge in [0.2, 0.25) is 3.79 Å². The van der Waals surface area contributed by atoms with Crippen molar-refractivity contribution in [2.45, 2.75) is 9.96 Å². The van der Waals surface area contributed by atoms with Crippen LogP contribution in [-0.2, 0) is 0 Å². The van der Waals surface area contributed by atoms with Crippen molar-refractivity contribution in [2.24, 2.45) is 0 Å². The first-order valence-corrected chi connectivity index (χ1v) is 8.34. The van der Waals surface area contributed by atoms with E-state index in [1.807, 2.05) is 0 Å². The zero-order valence-corrected chi connectivity index (χ0v) is 15.5. The standard InChI is InChI=1S/C16H14Cl4N2O2/c1-24-13-7-5-10(6-8-13)14(23)22-15(16(18,19)20)21-12-4-2-3-11(17)9-12/h2-9,15,21H,1H3,(H,22,23)/t15-/m1/s1. The van der Waals surface area contributed by atoms with E-state index in [4.69, 9.17) is 51.1 Å². The molecule has 2 aromatic rings. The van der Waals surface area contributed by atoms with Crippen molar-refractivity contribution in [3.63, 3.8) is 0 Å². The second-order valence-corrected chi connectivity index (χ2v) is 7.64. The van der Waals surface area contributed by atoms with Crippen LogP contribution < -0.4 is 15.4 Å². The molecule has 0 heterocycles. The Bertz CT molecular complexity index is 702. The summed E-state index contributed by atoms with van der Waals surface area (Å²) in [4.78, 5) is 12.4. The molecule has 4 nitrogen and oxygen atoms in total. The molecular weight excluding hydrogens is 394 g/mol. The monoisotopic (exact) mass is 406 g/mol. The van der Waals surface area contributed by atoms with Gasteiger partial charge in [-0.1, -0.05) is 52.5 Å². The number of carbonyl (C=O) groups excluding carboxylic acids is 1. The third kappa shape index (κ3) is 5.35. The number of amides is 1. The lowest BCUT2D eigenvalue weighted by Crippen LogP contribution is -2.49. The number of nitrogens with one attached hydrogen (secondary N) is 2. The van der Waals surface area contributed by atoms with E-state index in [2.05, 4.69) is 10.6 Å². The van der Waals surface area contributed by atoms with Crippen molar-refractivity contribution in [1.29, 1.82) is 0 Å². The van der Waals surface area contributed by atoms with Gasteiger partial charge in [0.05, 0.1) is 7.11 Å². The van der Waals surface area contributed by atoms with Crippen molar-refractivity contribution in [1.82, 2.24) is 5.32 Å². The lowest BCUT2D eigenvalue weighted by molar-refractivity contribution is 0.0942. The Balaban J connectivity index is 2.14. The molecule has 24 heavy (non-hydrogen) atoms. The Morgan fingerprint density at radius 2 is 1.79 bits per heavy atom. The molecular formula is C16H14Cl4N2O2. The Kier molecular flexibility index (Phi) is 6.47. The van der Waals surface area contributed by atoms with Crippen LogP contribution in [0.3, 0.4) is 0 Å². The third-order valence-corrected chi connectivity index (χ3v) is 3.98. The number of methoxy groups -OCH3 is 1. The summed E-state index contributed by atoms with van der Waals surface area (Å²) in [6.07, 6.45) is -0.962. The van der Waals surface area contributed by atoms with Gasteiger partial charge in [0, 0.05) is 16.3 Å². The van der Waals surface area contributed by atoms with Crippen LogP contribution in [0.1, 0.15) is 10.4 Å². The summed E-state index contributed by atoms with van der Waals surface area (Å²) in [5.41, 5.74) is 1.01. The summed E-state index contributed by atoms with van der Waals surface area (Å²) in [6, 6.07) is 13.4. The van der Waals surface area contributed by atoms with E-state index in [-0.39, 0.29) is 0 Å². The highest BCUT2D eigenvalue weighted by Gasteiger charge is 2.34. The number of hydrogen-bond donors (Lipinski definition) is 2. The molecule has 128 valence electrons. The average Bonchev–Trinajstić information content (AvgIpc) is 2.53. The number of benzene rings is 2. The van der Waals surface area contributed by atoms with Gasteiger partial charge in [0.25, 0.3) is 5.91 Å². The first-order chi connectivity index (χ1) is 11.3. The number of ether oxygens (including phenoxy) is 1. The quantitative estimate of drug-likeness (QED) is 0.548. The zero-order valence-electron chi connectivity index (χ0n) is 12.5. The summed E-state index contributed by atoms with van der Waals surface area (Å²) in [5.74, 6) is 0.241. The van der Waals surface area contributed by atoms with Gasteiger partial charge in [-0.05, 0) is 42.5 Å². The molecule has 0 aliphatic carbocycles. The molecule has 2 N–H and O–H groups in total. The van der Waals surface area contributed by atoms with E-state index in [0.717, 1.165) is 0 Å². The van der Waals surface area contributed by atoms with E-state index in [1.54, 1.807) is 55.6 Å². The minimum Gasteiger partial charge on any atom is -0.497 e. The van der Waals surface area contributed by atoms with Crippen LogP contribution in [0.2, 0.25) is 5.02 Å². The topological polar surface area (TPSA) is 50.4 Å². The van der Waals surface area contributed by atoms with Crippen LogP contribution in [0, 0.1) is 0 Å². The van der Waals surface area contributed by atoms with Crippen LogP contribution in [0.4, 0.5) is 5.69 Å². The smallest absolute Gasteiger partial charge is 0.252 e. The van der Waals surface area contributed by atoms with Crippen molar-refractivity contribution >= 4 is 58.0 Å². The van der Waals surface area contributed by atoms with Crippen LogP contribution in [0.15, 0.2) is 48.5 Å². The van der Waals surface area contributed by atoms with Crippen LogP contribution in [0.25, 0.3) is 0 Å². The number of hydrogen-bond acceptors (Lipinski definition) is 3. The molecule has 0 aliphatic heterocycles. The number of rotatable bonds is 5. The van der Waals surface area contributed by atoms with Gasteiger partial charge in [-0.2, -0.15) is 0 Å². The Labute approximate surface area is 160 Å². The van der Waals surface area contributed by atoms with Gasteiger partial charge < -0.3 is 15.4 Å². The molecule has 2 aromatic carbocycles. The normalized spacial score (nSPS) is 12.4. The van der Waals surface area contributed by atoms with E-state index in [0.29, 0.717) is 22.0 Å². The van der Waals surface area contributed by atoms with Crippen molar-refractivity contribution in [3.05, 3.63) is 59.1 Å². The average molecular weight is 408 g/mol. The molecule has 2 rings (SSSR count). The highest BCUT2D eigenvalue weighted by Crippen LogP contribution is 2.31. The highest BCUT2D eigenvalue weighted by atomic mass is 35.6. The summed E-state index contributed by atoms with van der Waals surface area (Å²) in [7, 11) is 1.54. The van der Waals surface area contributed by atoms with Gasteiger partial charge in [0.1, 0.15) is 11.9 Å². The summed E-state index contributed by atoms with van der Waals surface area (Å²) >= 11 is 23.8. The molecule has 0 unspecified atom stereocenters. The fourth-order valence-corrected chi connectivity index (χ4v) is 2.42. The maximum Gasteiger partial charge on any atom is 0.252 e. The molecule has 0 saturated carbocycles. The number of anilines is 1.